The normalized spacial score (nSPS) is 20.6. The highest BCUT2D eigenvalue weighted by Gasteiger charge is 2.31. The van der Waals surface area contributed by atoms with E-state index in [-0.39, 0.29) is 5.84 Å². The summed E-state index contributed by atoms with van der Waals surface area (Å²) in [6.45, 7) is 6.40. The van der Waals surface area contributed by atoms with Gasteiger partial charge < -0.3 is 10.6 Å². The number of rotatable bonds is 3. The van der Waals surface area contributed by atoms with Crippen molar-refractivity contribution in [3.63, 3.8) is 0 Å². The number of benzene rings is 1. The summed E-state index contributed by atoms with van der Waals surface area (Å²) in [6, 6.07) is 7.09. The summed E-state index contributed by atoms with van der Waals surface area (Å²) in [5.41, 5.74) is 8.87. The van der Waals surface area contributed by atoms with Crippen molar-refractivity contribution in [3.05, 3.63) is 29.3 Å². The molecule has 1 aromatic rings. The van der Waals surface area contributed by atoms with E-state index in [9.17, 15) is 0 Å². The van der Waals surface area contributed by atoms with E-state index in [2.05, 4.69) is 21.9 Å². The number of anilines is 1. The lowest BCUT2D eigenvalue weighted by Crippen LogP contribution is -2.47. The maximum absolute atomic E-state index is 7.75. The van der Waals surface area contributed by atoms with Gasteiger partial charge in [-0.2, -0.15) is 0 Å². The summed E-state index contributed by atoms with van der Waals surface area (Å²) in [6.07, 6.45) is 2.76. The Morgan fingerprint density at radius 2 is 1.89 bits per heavy atom. The molecule has 1 saturated heterocycles. The topological polar surface area (TPSA) is 56.4 Å². The molecular weight excluding hydrogens is 236 g/mol. The Bertz CT molecular complexity index is 485. The molecule has 0 bridgehead atoms. The first-order valence-electron chi connectivity index (χ1n) is 7.09. The number of nitrogens with zero attached hydrogens (tertiary/aromatic N) is 2. The number of piperazine rings is 1. The molecule has 0 spiro atoms. The van der Waals surface area contributed by atoms with Crippen molar-refractivity contribution in [2.75, 3.05) is 31.1 Å². The Morgan fingerprint density at radius 1 is 1.21 bits per heavy atom. The van der Waals surface area contributed by atoms with E-state index in [1.807, 2.05) is 13.0 Å². The zero-order valence-corrected chi connectivity index (χ0v) is 11.5. The van der Waals surface area contributed by atoms with Gasteiger partial charge in [0, 0.05) is 43.5 Å². The molecule has 0 radical (unpaired) electrons. The van der Waals surface area contributed by atoms with Gasteiger partial charge in [-0.3, -0.25) is 10.3 Å². The molecule has 1 aliphatic heterocycles. The predicted octanol–water partition coefficient (Wildman–Crippen LogP) is 1.56. The Hall–Kier alpha value is -1.55. The summed E-state index contributed by atoms with van der Waals surface area (Å²) in [4.78, 5) is 4.97. The number of nitrogens with one attached hydrogen (secondary N) is 1. The van der Waals surface area contributed by atoms with Crippen LogP contribution in [0.15, 0.2) is 18.2 Å². The maximum atomic E-state index is 7.75. The summed E-state index contributed by atoms with van der Waals surface area (Å²) in [5, 5.41) is 7.75. The molecule has 3 rings (SSSR count). The SMILES string of the molecule is Cc1ccc(N2CCN(C3CC3)CC2)c(C(=N)N)c1. The highest BCUT2D eigenvalue weighted by atomic mass is 15.3. The lowest BCUT2D eigenvalue weighted by molar-refractivity contribution is 0.248. The molecule has 102 valence electrons. The van der Waals surface area contributed by atoms with Crippen LogP contribution in [-0.2, 0) is 0 Å². The molecule has 1 heterocycles. The van der Waals surface area contributed by atoms with Gasteiger partial charge in [0.1, 0.15) is 5.84 Å². The first kappa shape index (κ1) is 12.5. The van der Waals surface area contributed by atoms with Crippen LogP contribution in [0.1, 0.15) is 24.0 Å². The molecule has 2 aliphatic rings. The van der Waals surface area contributed by atoms with E-state index in [1.165, 1.54) is 12.8 Å². The second-order valence-electron chi connectivity index (χ2n) is 5.69. The third-order valence-corrected chi connectivity index (χ3v) is 4.16. The van der Waals surface area contributed by atoms with Crippen LogP contribution in [-0.4, -0.2) is 43.0 Å². The Kier molecular flexibility index (Phi) is 3.19. The molecule has 4 heteroatoms. The number of hydrogen-bond donors (Lipinski definition) is 2. The van der Waals surface area contributed by atoms with Crippen molar-refractivity contribution in [2.24, 2.45) is 5.73 Å². The first-order valence-corrected chi connectivity index (χ1v) is 7.09. The molecule has 0 aromatic heterocycles. The molecule has 3 N–H and O–H groups in total. The number of aryl methyl sites for hydroxylation is 1. The summed E-state index contributed by atoms with van der Waals surface area (Å²) >= 11 is 0. The smallest absolute Gasteiger partial charge is 0.124 e. The number of hydrogen-bond acceptors (Lipinski definition) is 3. The van der Waals surface area contributed by atoms with Crippen molar-refractivity contribution in [1.82, 2.24) is 4.90 Å². The van der Waals surface area contributed by atoms with E-state index in [4.69, 9.17) is 11.1 Å². The van der Waals surface area contributed by atoms with Crippen LogP contribution in [0.4, 0.5) is 5.69 Å². The van der Waals surface area contributed by atoms with Crippen LogP contribution < -0.4 is 10.6 Å². The van der Waals surface area contributed by atoms with Crippen molar-refractivity contribution >= 4 is 11.5 Å². The van der Waals surface area contributed by atoms with Crippen LogP contribution in [0.2, 0.25) is 0 Å². The lowest BCUT2D eigenvalue weighted by atomic mass is 10.1. The van der Waals surface area contributed by atoms with Gasteiger partial charge in [0.25, 0.3) is 0 Å². The predicted molar refractivity (Wildman–Crippen MR) is 79.0 cm³/mol. The first-order chi connectivity index (χ1) is 9.15. The highest BCUT2D eigenvalue weighted by molar-refractivity contribution is 6.00. The fraction of sp³-hybridized carbons (Fsp3) is 0.533. The minimum absolute atomic E-state index is 0.170. The fourth-order valence-corrected chi connectivity index (χ4v) is 2.91. The molecule has 1 saturated carbocycles. The van der Waals surface area contributed by atoms with E-state index in [0.717, 1.165) is 49.0 Å². The minimum Gasteiger partial charge on any atom is -0.384 e. The average molecular weight is 258 g/mol. The number of nitrogens with two attached hydrogens (primary N) is 1. The van der Waals surface area contributed by atoms with E-state index >= 15 is 0 Å². The molecule has 1 aromatic carbocycles. The largest absolute Gasteiger partial charge is 0.384 e. The zero-order chi connectivity index (χ0) is 13.4. The van der Waals surface area contributed by atoms with Gasteiger partial charge in [-0.1, -0.05) is 11.6 Å². The van der Waals surface area contributed by atoms with Crippen molar-refractivity contribution in [2.45, 2.75) is 25.8 Å². The second kappa shape index (κ2) is 4.85. The highest BCUT2D eigenvalue weighted by Crippen LogP contribution is 2.29. The Balaban J connectivity index is 1.77. The molecule has 1 aliphatic carbocycles. The van der Waals surface area contributed by atoms with Gasteiger partial charge in [-0.25, -0.2) is 0 Å². The molecule has 0 amide bonds. The molecule has 0 unspecified atom stereocenters. The second-order valence-corrected chi connectivity index (χ2v) is 5.69. The number of nitrogen functional groups attached to an aromatic ring is 1. The quantitative estimate of drug-likeness (QED) is 0.639. The van der Waals surface area contributed by atoms with E-state index < -0.39 is 0 Å². The van der Waals surface area contributed by atoms with Gasteiger partial charge in [0.15, 0.2) is 0 Å². The third-order valence-electron chi connectivity index (χ3n) is 4.16. The van der Waals surface area contributed by atoms with Gasteiger partial charge >= 0.3 is 0 Å². The Labute approximate surface area is 114 Å². The third kappa shape index (κ3) is 2.59. The molecule has 19 heavy (non-hydrogen) atoms. The lowest BCUT2D eigenvalue weighted by Gasteiger charge is -2.37. The van der Waals surface area contributed by atoms with Crippen LogP contribution >= 0.6 is 0 Å². The molecule has 0 atom stereocenters. The van der Waals surface area contributed by atoms with Crippen molar-refractivity contribution in [1.29, 1.82) is 5.41 Å². The number of amidine groups is 1. The fourth-order valence-electron chi connectivity index (χ4n) is 2.91. The van der Waals surface area contributed by atoms with E-state index in [0.29, 0.717) is 0 Å². The average Bonchev–Trinajstić information content (AvgIpc) is 3.23. The minimum atomic E-state index is 0.170. The Morgan fingerprint density at radius 3 is 2.47 bits per heavy atom. The van der Waals surface area contributed by atoms with Gasteiger partial charge in [0.2, 0.25) is 0 Å². The zero-order valence-electron chi connectivity index (χ0n) is 11.5. The molecular formula is C15H22N4. The molecule has 4 nitrogen and oxygen atoms in total. The summed E-state index contributed by atoms with van der Waals surface area (Å²) < 4.78 is 0. The van der Waals surface area contributed by atoms with Crippen molar-refractivity contribution < 1.29 is 0 Å². The van der Waals surface area contributed by atoms with E-state index in [1.54, 1.807) is 0 Å². The van der Waals surface area contributed by atoms with Crippen LogP contribution in [0.5, 0.6) is 0 Å². The monoisotopic (exact) mass is 258 g/mol. The van der Waals surface area contributed by atoms with Gasteiger partial charge in [-0.15, -0.1) is 0 Å². The standard InChI is InChI=1S/C15H22N4/c1-11-2-5-14(13(10-11)15(16)17)19-8-6-18(7-9-19)12-3-4-12/h2,5,10,12H,3-4,6-9H2,1H3,(H3,16,17). The van der Waals surface area contributed by atoms with Crippen LogP contribution in [0, 0.1) is 12.3 Å². The van der Waals surface area contributed by atoms with Crippen molar-refractivity contribution in [3.8, 4) is 0 Å². The van der Waals surface area contributed by atoms with Gasteiger partial charge in [0.05, 0.1) is 0 Å². The maximum Gasteiger partial charge on any atom is 0.124 e. The van der Waals surface area contributed by atoms with Gasteiger partial charge in [-0.05, 0) is 31.9 Å². The summed E-state index contributed by atoms with van der Waals surface area (Å²) in [5.74, 6) is 0.170. The van der Waals surface area contributed by atoms with Crippen LogP contribution in [0.25, 0.3) is 0 Å². The van der Waals surface area contributed by atoms with Crippen LogP contribution in [0.3, 0.4) is 0 Å². The summed E-state index contributed by atoms with van der Waals surface area (Å²) in [7, 11) is 0. The molecule has 2 fully saturated rings.